The van der Waals surface area contributed by atoms with Gasteiger partial charge in [0.15, 0.2) is 0 Å². The van der Waals surface area contributed by atoms with Crippen molar-refractivity contribution in [1.82, 2.24) is 4.90 Å². The minimum Gasteiger partial charge on any atom is -0.490 e. The monoisotopic (exact) mass is 409 g/mol. The maximum atomic E-state index is 12.8. The van der Waals surface area contributed by atoms with Gasteiger partial charge in [0.2, 0.25) is 5.91 Å². The zero-order chi connectivity index (χ0) is 21.8. The Morgan fingerprint density at radius 1 is 1.03 bits per heavy atom. The van der Waals surface area contributed by atoms with Crippen LogP contribution in [0.2, 0.25) is 0 Å². The second-order valence-electron chi connectivity index (χ2n) is 6.90. The fourth-order valence-electron chi connectivity index (χ4n) is 2.98. The van der Waals surface area contributed by atoms with Gasteiger partial charge in [0.05, 0.1) is 6.54 Å². The zero-order valence-electron chi connectivity index (χ0n) is 17.8. The van der Waals surface area contributed by atoms with E-state index in [0.29, 0.717) is 23.6 Å². The molecule has 0 aliphatic carbocycles. The van der Waals surface area contributed by atoms with E-state index >= 15 is 0 Å². The number of hydrogen-bond donors (Lipinski definition) is 2. The maximum absolute atomic E-state index is 12.8. The number of amides is 2. The number of rotatable bonds is 12. The third-order valence-corrected chi connectivity index (χ3v) is 4.34. The summed E-state index contributed by atoms with van der Waals surface area (Å²) in [5, 5.41) is 5.92. The number of carbonyl (C=O) groups excluding carboxylic acids is 2. The van der Waals surface area contributed by atoms with Crippen LogP contribution in [0.3, 0.4) is 0 Å². The predicted octanol–water partition coefficient (Wildman–Crippen LogP) is 4.56. The van der Waals surface area contributed by atoms with Crippen LogP contribution in [0.15, 0.2) is 61.2 Å². The largest absolute Gasteiger partial charge is 0.490 e. The molecule has 0 aliphatic heterocycles. The molecule has 0 aromatic heterocycles. The lowest BCUT2D eigenvalue weighted by Crippen LogP contribution is -2.32. The van der Waals surface area contributed by atoms with Crippen LogP contribution >= 0.6 is 0 Å². The lowest BCUT2D eigenvalue weighted by molar-refractivity contribution is -0.114. The number of benzene rings is 2. The standard InChI is InChI=1S/C24H31N3O3/c1-4-14-27(15-5-2)24(29)19-8-7-9-21(17-19)25-18-23(28)26-20-10-12-22(13-11-20)30-16-6-3/h6-13,17,25H,3-5,14-16,18H2,1-2H3,(H,26,28). The molecule has 0 fully saturated rings. The summed E-state index contributed by atoms with van der Waals surface area (Å²) >= 11 is 0. The van der Waals surface area contributed by atoms with Gasteiger partial charge in [-0.2, -0.15) is 0 Å². The third-order valence-electron chi connectivity index (χ3n) is 4.34. The van der Waals surface area contributed by atoms with Gasteiger partial charge in [0.1, 0.15) is 12.4 Å². The minimum atomic E-state index is -0.176. The first kappa shape index (κ1) is 23.0. The van der Waals surface area contributed by atoms with Crippen LogP contribution in [0.25, 0.3) is 0 Å². The molecule has 0 heterocycles. The molecule has 0 saturated carbocycles. The summed E-state index contributed by atoms with van der Waals surface area (Å²) in [4.78, 5) is 26.9. The average Bonchev–Trinajstić information content (AvgIpc) is 2.77. The zero-order valence-corrected chi connectivity index (χ0v) is 17.8. The van der Waals surface area contributed by atoms with Crippen molar-refractivity contribution >= 4 is 23.2 Å². The summed E-state index contributed by atoms with van der Waals surface area (Å²) < 4.78 is 5.42. The predicted molar refractivity (Wildman–Crippen MR) is 122 cm³/mol. The van der Waals surface area contributed by atoms with Crippen LogP contribution in [-0.4, -0.2) is 43.0 Å². The highest BCUT2D eigenvalue weighted by Gasteiger charge is 2.14. The second kappa shape index (κ2) is 12.3. The van der Waals surface area contributed by atoms with E-state index in [2.05, 4.69) is 31.1 Å². The molecular formula is C24H31N3O3. The van der Waals surface area contributed by atoms with Crippen LogP contribution in [0.4, 0.5) is 11.4 Å². The highest BCUT2D eigenvalue weighted by Crippen LogP contribution is 2.16. The van der Waals surface area contributed by atoms with Crippen molar-refractivity contribution < 1.29 is 14.3 Å². The summed E-state index contributed by atoms with van der Waals surface area (Å²) in [7, 11) is 0. The van der Waals surface area contributed by atoms with E-state index in [1.165, 1.54) is 0 Å². The molecular weight excluding hydrogens is 378 g/mol. The van der Waals surface area contributed by atoms with Crippen molar-refractivity contribution in [3.63, 3.8) is 0 Å². The first-order chi connectivity index (χ1) is 14.6. The van der Waals surface area contributed by atoms with Crippen molar-refractivity contribution in [2.24, 2.45) is 0 Å². The molecule has 0 spiro atoms. The van der Waals surface area contributed by atoms with Gasteiger partial charge in [-0.1, -0.05) is 32.6 Å². The van der Waals surface area contributed by atoms with Gasteiger partial charge in [-0.05, 0) is 55.3 Å². The second-order valence-corrected chi connectivity index (χ2v) is 6.90. The molecule has 0 radical (unpaired) electrons. The topological polar surface area (TPSA) is 70.7 Å². The molecule has 2 aromatic carbocycles. The third kappa shape index (κ3) is 7.28. The normalized spacial score (nSPS) is 10.2. The Morgan fingerprint density at radius 3 is 2.37 bits per heavy atom. The highest BCUT2D eigenvalue weighted by molar-refractivity contribution is 5.96. The number of ether oxygens (including phenoxy) is 1. The average molecular weight is 410 g/mol. The van der Waals surface area contributed by atoms with Crippen molar-refractivity contribution in [3.8, 4) is 5.75 Å². The van der Waals surface area contributed by atoms with E-state index in [0.717, 1.165) is 31.6 Å². The van der Waals surface area contributed by atoms with Crippen LogP contribution in [0, 0.1) is 0 Å². The minimum absolute atomic E-state index is 0.0190. The van der Waals surface area contributed by atoms with Crippen LogP contribution < -0.4 is 15.4 Å². The van der Waals surface area contributed by atoms with Gasteiger partial charge in [-0.3, -0.25) is 9.59 Å². The summed E-state index contributed by atoms with van der Waals surface area (Å²) in [5.41, 5.74) is 2.04. The van der Waals surface area contributed by atoms with Crippen LogP contribution in [0.1, 0.15) is 37.0 Å². The van der Waals surface area contributed by atoms with Crippen molar-refractivity contribution in [2.75, 3.05) is 36.9 Å². The van der Waals surface area contributed by atoms with Crippen molar-refractivity contribution in [3.05, 3.63) is 66.7 Å². The molecule has 0 unspecified atom stereocenters. The first-order valence-corrected chi connectivity index (χ1v) is 10.3. The molecule has 30 heavy (non-hydrogen) atoms. The molecule has 6 heteroatoms. The number of carbonyl (C=O) groups is 2. The molecule has 0 aliphatic rings. The van der Waals surface area contributed by atoms with Gasteiger partial charge in [0, 0.05) is 30.0 Å². The lowest BCUT2D eigenvalue weighted by atomic mass is 10.1. The fourth-order valence-corrected chi connectivity index (χ4v) is 2.98. The van der Waals surface area contributed by atoms with Crippen LogP contribution in [-0.2, 0) is 4.79 Å². The molecule has 0 saturated heterocycles. The van der Waals surface area contributed by atoms with E-state index in [1.54, 1.807) is 36.4 Å². The Bertz CT molecular complexity index is 828. The Hall–Kier alpha value is -3.28. The van der Waals surface area contributed by atoms with Crippen molar-refractivity contribution in [1.29, 1.82) is 0 Å². The Labute approximate surface area is 178 Å². The molecule has 2 amide bonds. The summed E-state index contributed by atoms with van der Waals surface area (Å²) in [6, 6.07) is 14.4. The number of nitrogens with one attached hydrogen (secondary N) is 2. The molecule has 160 valence electrons. The molecule has 0 bridgehead atoms. The van der Waals surface area contributed by atoms with E-state index in [1.807, 2.05) is 23.1 Å². The smallest absolute Gasteiger partial charge is 0.253 e. The number of hydrogen-bond acceptors (Lipinski definition) is 4. The molecule has 6 nitrogen and oxygen atoms in total. The van der Waals surface area contributed by atoms with Crippen molar-refractivity contribution in [2.45, 2.75) is 26.7 Å². The molecule has 2 rings (SSSR count). The Kier molecular flexibility index (Phi) is 9.45. The summed E-state index contributed by atoms with van der Waals surface area (Å²) in [6.07, 6.45) is 3.52. The quantitative estimate of drug-likeness (QED) is 0.504. The van der Waals surface area contributed by atoms with Gasteiger partial charge >= 0.3 is 0 Å². The summed E-state index contributed by atoms with van der Waals surface area (Å²) in [5.74, 6) is 0.559. The summed E-state index contributed by atoms with van der Waals surface area (Å²) in [6.45, 7) is 9.75. The fraction of sp³-hybridized carbons (Fsp3) is 0.333. The molecule has 2 aromatic rings. The van der Waals surface area contributed by atoms with Gasteiger partial charge in [0.25, 0.3) is 5.91 Å². The van der Waals surface area contributed by atoms with E-state index in [-0.39, 0.29) is 18.4 Å². The maximum Gasteiger partial charge on any atom is 0.253 e. The van der Waals surface area contributed by atoms with Gasteiger partial charge in [-0.25, -0.2) is 0 Å². The lowest BCUT2D eigenvalue weighted by Gasteiger charge is -2.21. The highest BCUT2D eigenvalue weighted by atomic mass is 16.5. The van der Waals surface area contributed by atoms with E-state index < -0.39 is 0 Å². The van der Waals surface area contributed by atoms with Gasteiger partial charge < -0.3 is 20.3 Å². The molecule has 0 atom stereocenters. The first-order valence-electron chi connectivity index (χ1n) is 10.3. The molecule has 2 N–H and O–H groups in total. The Morgan fingerprint density at radius 2 is 1.73 bits per heavy atom. The van der Waals surface area contributed by atoms with Crippen LogP contribution in [0.5, 0.6) is 5.75 Å². The van der Waals surface area contributed by atoms with E-state index in [9.17, 15) is 9.59 Å². The number of anilines is 2. The van der Waals surface area contributed by atoms with Gasteiger partial charge in [-0.15, -0.1) is 0 Å². The number of nitrogens with zero attached hydrogens (tertiary/aromatic N) is 1. The Balaban J connectivity index is 1.91. The SMILES string of the molecule is C=CCOc1ccc(NC(=O)CNc2cccc(C(=O)N(CCC)CCC)c2)cc1. The van der Waals surface area contributed by atoms with E-state index in [4.69, 9.17) is 4.74 Å².